The number of hydrogen-bond acceptors (Lipinski definition) is 4. The van der Waals surface area contributed by atoms with Crippen molar-refractivity contribution in [2.45, 2.75) is 19.3 Å². The van der Waals surface area contributed by atoms with Crippen molar-refractivity contribution < 1.29 is 9.47 Å². The summed E-state index contributed by atoms with van der Waals surface area (Å²) in [4.78, 5) is 2.39. The van der Waals surface area contributed by atoms with Crippen LogP contribution < -0.4 is 14.4 Å². The van der Waals surface area contributed by atoms with Gasteiger partial charge >= 0.3 is 0 Å². The molecule has 0 atom stereocenters. The molecule has 0 spiro atoms. The molecule has 3 nitrogen and oxygen atoms in total. The molecule has 0 amide bonds. The van der Waals surface area contributed by atoms with E-state index in [1.807, 2.05) is 24.3 Å². The van der Waals surface area contributed by atoms with Crippen LogP contribution in [-0.4, -0.2) is 0 Å². The molecule has 7 aromatic carbocycles. The molecule has 49 heavy (non-hydrogen) atoms. The van der Waals surface area contributed by atoms with Crippen molar-refractivity contribution in [3.8, 4) is 45.3 Å². The molecule has 0 bridgehead atoms. The molecule has 2 heterocycles. The lowest BCUT2D eigenvalue weighted by Gasteiger charge is -2.28. The van der Waals surface area contributed by atoms with E-state index < -0.39 is 0 Å². The summed E-state index contributed by atoms with van der Waals surface area (Å²) in [6.07, 6.45) is 0. The lowest BCUT2D eigenvalue weighted by Crippen LogP contribution is -2.16. The lowest BCUT2D eigenvalue weighted by molar-refractivity contribution is 0.360. The fourth-order valence-corrected chi connectivity index (χ4v) is 8.74. The predicted octanol–water partition coefficient (Wildman–Crippen LogP) is 13.4. The van der Waals surface area contributed by atoms with Crippen LogP contribution in [0.3, 0.4) is 0 Å². The SMILES string of the molecule is CC1(C)c2ccccc2-c2ccc(N(c3ccc(-c4ccccc4)cc3)c3ccc4sc5cc6c(cc5c4c3)Oc3ccccc3O6)cc21. The quantitative estimate of drug-likeness (QED) is 0.189. The molecular weight excluding hydrogens is 619 g/mol. The lowest BCUT2D eigenvalue weighted by atomic mass is 9.82. The molecule has 2 aliphatic rings. The van der Waals surface area contributed by atoms with E-state index in [1.165, 1.54) is 48.2 Å². The van der Waals surface area contributed by atoms with Crippen LogP contribution in [0.5, 0.6) is 23.0 Å². The van der Waals surface area contributed by atoms with Crippen LogP contribution in [0.2, 0.25) is 0 Å². The molecule has 234 valence electrons. The highest BCUT2D eigenvalue weighted by Crippen LogP contribution is 2.52. The summed E-state index contributed by atoms with van der Waals surface area (Å²) in [5.41, 5.74) is 11.0. The van der Waals surface area contributed by atoms with Gasteiger partial charge in [-0.15, -0.1) is 11.3 Å². The maximum atomic E-state index is 6.33. The molecule has 4 heteroatoms. The van der Waals surface area contributed by atoms with Crippen LogP contribution >= 0.6 is 11.3 Å². The van der Waals surface area contributed by atoms with Gasteiger partial charge in [0.25, 0.3) is 0 Å². The molecule has 0 saturated carbocycles. The predicted molar refractivity (Wildman–Crippen MR) is 204 cm³/mol. The maximum absolute atomic E-state index is 6.33. The van der Waals surface area contributed by atoms with Crippen molar-refractivity contribution in [3.63, 3.8) is 0 Å². The summed E-state index contributed by atoms with van der Waals surface area (Å²) in [6.45, 7) is 4.68. The molecule has 0 radical (unpaired) electrons. The minimum atomic E-state index is -0.0991. The van der Waals surface area contributed by atoms with Crippen LogP contribution in [0.4, 0.5) is 17.1 Å². The van der Waals surface area contributed by atoms with E-state index in [0.29, 0.717) is 0 Å². The number of anilines is 3. The molecule has 0 saturated heterocycles. The molecule has 10 rings (SSSR count). The van der Waals surface area contributed by atoms with Crippen molar-refractivity contribution in [2.24, 2.45) is 0 Å². The zero-order chi connectivity index (χ0) is 32.7. The number of nitrogens with zero attached hydrogens (tertiary/aromatic N) is 1. The maximum Gasteiger partial charge on any atom is 0.171 e. The third-order valence-electron chi connectivity index (χ3n) is 10.1. The van der Waals surface area contributed by atoms with Crippen molar-refractivity contribution in [2.75, 3.05) is 4.90 Å². The molecule has 1 aromatic heterocycles. The van der Waals surface area contributed by atoms with E-state index in [-0.39, 0.29) is 5.41 Å². The first-order valence-electron chi connectivity index (χ1n) is 16.7. The molecule has 0 fully saturated rings. The van der Waals surface area contributed by atoms with Gasteiger partial charge in [-0.25, -0.2) is 0 Å². The number of para-hydroxylation sites is 2. The Morgan fingerprint density at radius 3 is 1.84 bits per heavy atom. The van der Waals surface area contributed by atoms with Crippen LogP contribution in [-0.2, 0) is 5.41 Å². The minimum absolute atomic E-state index is 0.0991. The molecule has 1 aliphatic carbocycles. The van der Waals surface area contributed by atoms with E-state index in [9.17, 15) is 0 Å². The Labute approximate surface area is 289 Å². The van der Waals surface area contributed by atoms with Gasteiger partial charge in [0.2, 0.25) is 0 Å². The van der Waals surface area contributed by atoms with Gasteiger partial charge in [0.1, 0.15) is 0 Å². The molecule has 1 aliphatic heterocycles. The molecule has 8 aromatic rings. The van der Waals surface area contributed by atoms with Gasteiger partial charge in [0.15, 0.2) is 23.0 Å². The second-order valence-electron chi connectivity index (χ2n) is 13.4. The fourth-order valence-electron chi connectivity index (χ4n) is 7.64. The first-order chi connectivity index (χ1) is 24.0. The first-order valence-corrected chi connectivity index (χ1v) is 17.5. The van der Waals surface area contributed by atoms with E-state index in [2.05, 4.69) is 146 Å². The average molecular weight is 650 g/mol. The average Bonchev–Trinajstić information content (AvgIpc) is 3.61. The normalized spacial score (nSPS) is 13.6. The Kier molecular flexibility index (Phi) is 6.09. The highest BCUT2D eigenvalue weighted by molar-refractivity contribution is 7.25. The molecule has 0 N–H and O–H groups in total. The zero-order valence-corrected chi connectivity index (χ0v) is 27.9. The van der Waals surface area contributed by atoms with E-state index in [4.69, 9.17) is 9.47 Å². The van der Waals surface area contributed by atoms with Crippen molar-refractivity contribution in [1.82, 2.24) is 0 Å². The highest BCUT2D eigenvalue weighted by atomic mass is 32.1. The largest absolute Gasteiger partial charge is 0.449 e. The third-order valence-corrected chi connectivity index (χ3v) is 11.3. The summed E-state index contributed by atoms with van der Waals surface area (Å²) in [5.74, 6) is 2.97. The Morgan fingerprint density at radius 2 is 1.04 bits per heavy atom. The summed E-state index contributed by atoms with van der Waals surface area (Å²) < 4.78 is 15.0. The monoisotopic (exact) mass is 649 g/mol. The Hall–Kier alpha value is -5.84. The van der Waals surface area contributed by atoms with Gasteiger partial charge in [-0.05, 0) is 94.0 Å². The summed E-state index contributed by atoms with van der Waals surface area (Å²) in [6, 6.07) is 54.2. The van der Waals surface area contributed by atoms with Gasteiger partial charge in [-0.1, -0.05) is 98.8 Å². The number of rotatable bonds is 4. The topological polar surface area (TPSA) is 21.7 Å². The summed E-state index contributed by atoms with van der Waals surface area (Å²) in [7, 11) is 0. The van der Waals surface area contributed by atoms with Gasteiger partial charge < -0.3 is 14.4 Å². The van der Waals surface area contributed by atoms with Crippen LogP contribution in [0.1, 0.15) is 25.0 Å². The Balaban J connectivity index is 1.13. The van der Waals surface area contributed by atoms with Gasteiger partial charge in [-0.3, -0.25) is 0 Å². The van der Waals surface area contributed by atoms with Crippen LogP contribution in [0.25, 0.3) is 42.4 Å². The van der Waals surface area contributed by atoms with Crippen molar-refractivity contribution in [1.29, 1.82) is 0 Å². The van der Waals surface area contributed by atoms with Gasteiger partial charge in [0, 0.05) is 48.7 Å². The zero-order valence-electron chi connectivity index (χ0n) is 27.1. The van der Waals surface area contributed by atoms with E-state index in [0.717, 1.165) is 45.4 Å². The van der Waals surface area contributed by atoms with Crippen molar-refractivity contribution >= 4 is 48.6 Å². The Morgan fingerprint density at radius 1 is 0.449 bits per heavy atom. The highest BCUT2D eigenvalue weighted by Gasteiger charge is 2.35. The number of thiophene rings is 1. The second kappa shape index (κ2) is 10.6. The molecule has 0 unspecified atom stereocenters. The summed E-state index contributed by atoms with van der Waals surface area (Å²) in [5, 5.41) is 2.36. The van der Waals surface area contributed by atoms with Gasteiger partial charge in [-0.2, -0.15) is 0 Å². The summed E-state index contributed by atoms with van der Waals surface area (Å²) >= 11 is 1.78. The fraction of sp³-hybridized carbons (Fsp3) is 0.0667. The van der Waals surface area contributed by atoms with E-state index in [1.54, 1.807) is 11.3 Å². The van der Waals surface area contributed by atoms with Crippen LogP contribution in [0.15, 0.2) is 152 Å². The Bertz CT molecular complexity index is 2580. The first kappa shape index (κ1) is 28.2. The standard InChI is InChI=1S/C45H31NO2S/c1-45(2)37-13-7-6-12-33(37)34-22-20-32(25-38(34)45)46(30-18-16-29(17-19-30)28-10-4-3-5-11-28)31-21-23-43-35(24-31)36-26-41-42(27-44(36)49-43)48-40-15-9-8-14-39(40)47-41/h3-27H,1-2H3. The van der Waals surface area contributed by atoms with Crippen molar-refractivity contribution in [3.05, 3.63) is 163 Å². The second-order valence-corrected chi connectivity index (χ2v) is 14.5. The third kappa shape index (κ3) is 4.41. The smallest absolute Gasteiger partial charge is 0.171 e. The number of fused-ring (bicyclic) bond motifs is 8. The van der Waals surface area contributed by atoms with Gasteiger partial charge in [0.05, 0.1) is 0 Å². The number of ether oxygens (including phenoxy) is 2. The number of hydrogen-bond donors (Lipinski definition) is 0. The minimum Gasteiger partial charge on any atom is -0.449 e. The molecular formula is C45H31NO2S. The van der Waals surface area contributed by atoms with E-state index >= 15 is 0 Å². The number of benzene rings is 7. The van der Waals surface area contributed by atoms with Crippen LogP contribution in [0, 0.1) is 0 Å².